The van der Waals surface area contributed by atoms with Gasteiger partial charge in [0.1, 0.15) is 5.75 Å². The normalized spacial score (nSPS) is 15.9. The molecule has 0 N–H and O–H groups in total. The lowest BCUT2D eigenvalue weighted by Crippen LogP contribution is -2.35. The van der Waals surface area contributed by atoms with Crippen molar-refractivity contribution in [2.24, 2.45) is 0 Å². The molecule has 1 amide bonds. The van der Waals surface area contributed by atoms with Crippen molar-refractivity contribution in [1.82, 2.24) is 14.7 Å². The lowest BCUT2D eigenvalue weighted by Gasteiger charge is -2.24. The Morgan fingerprint density at radius 1 is 1.17 bits per heavy atom. The number of ether oxygens (including phenoxy) is 2. The van der Waals surface area contributed by atoms with Crippen molar-refractivity contribution in [2.45, 2.75) is 39.3 Å². The molecule has 1 unspecified atom stereocenters. The van der Waals surface area contributed by atoms with Crippen LogP contribution in [0.2, 0.25) is 0 Å². The highest BCUT2D eigenvalue weighted by Gasteiger charge is 2.25. The Kier molecular flexibility index (Phi) is 6.14. The number of para-hydroxylation sites is 2. The molecule has 2 aromatic carbocycles. The Balaban J connectivity index is 1.70. The molecule has 0 radical (unpaired) electrons. The van der Waals surface area contributed by atoms with Crippen LogP contribution in [0.15, 0.2) is 60.7 Å². The third-order valence-corrected chi connectivity index (χ3v) is 5.34. The zero-order chi connectivity index (χ0) is 20.9. The largest absolute Gasteiger partial charge is 0.439 e. The maximum absolute atomic E-state index is 12.4. The van der Waals surface area contributed by atoms with Crippen molar-refractivity contribution in [3.63, 3.8) is 0 Å². The Morgan fingerprint density at radius 3 is 2.50 bits per heavy atom. The van der Waals surface area contributed by atoms with Gasteiger partial charge in [0.25, 0.3) is 0 Å². The second-order valence-electron chi connectivity index (χ2n) is 7.57. The van der Waals surface area contributed by atoms with Crippen molar-refractivity contribution in [1.29, 1.82) is 0 Å². The van der Waals surface area contributed by atoms with Gasteiger partial charge in [-0.25, -0.2) is 4.68 Å². The third kappa shape index (κ3) is 4.54. The maximum atomic E-state index is 12.4. The van der Waals surface area contributed by atoms with E-state index in [0.717, 1.165) is 42.1 Å². The summed E-state index contributed by atoms with van der Waals surface area (Å²) in [6.45, 7) is 5.33. The monoisotopic (exact) mass is 405 g/mol. The molecule has 0 bridgehead atoms. The first kappa shape index (κ1) is 20.2. The molecule has 1 atom stereocenters. The summed E-state index contributed by atoms with van der Waals surface area (Å²) in [6.07, 6.45) is 2.13. The zero-order valence-electron chi connectivity index (χ0n) is 17.5. The van der Waals surface area contributed by atoms with Gasteiger partial charge in [-0.1, -0.05) is 36.4 Å². The molecule has 0 aliphatic carbocycles. The van der Waals surface area contributed by atoms with Crippen LogP contribution in [0.3, 0.4) is 0 Å². The van der Waals surface area contributed by atoms with Gasteiger partial charge < -0.3 is 14.4 Å². The molecule has 0 spiro atoms. The van der Waals surface area contributed by atoms with Crippen molar-refractivity contribution in [3.8, 4) is 17.3 Å². The van der Waals surface area contributed by atoms with E-state index in [2.05, 4.69) is 0 Å². The first-order chi connectivity index (χ1) is 14.6. The Bertz CT molecular complexity index is 980. The average molecular weight is 405 g/mol. The number of aromatic nitrogens is 2. The lowest BCUT2D eigenvalue weighted by molar-refractivity contribution is -0.131. The number of rotatable bonds is 7. The van der Waals surface area contributed by atoms with E-state index < -0.39 is 0 Å². The van der Waals surface area contributed by atoms with Gasteiger partial charge in [0.2, 0.25) is 11.8 Å². The Hall–Kier alpha value is -3.12. The Labute approximate surface area is 177 Å². The van der Waals surface area contributed by atoms with Crippen molar-refractivity contribution in [3.05, 3.63) is 71.9 Å². The van der Waals surface area contributed by atoms with Crippen LogP contribution >= 0.6 is 0 Å². The summed E-state index contributed by atoms with van der Waals surface area (Å²) >= 11 is 0. The topological polar surface area (TPSA) is 56.6 Å². The van der Waals surface area contributed by atoms with Crippen LogP contribution in [0.25, 0.3) is 5.69 Å². The number of amides is 1. The number of hydrogen-bond acceptors (Lipinski definition) is 4. The number of benzene rings is 2. The summed E-state index contributed by atoms with van der Waals surface area (Å²) in [5, 5.41) is 4.74. The highest BCUT2D eigenvalue weighted by atomic mass is 16.5. The number of nitrogens with zero attached hydrogens (tertiary/aromatic N) is 3. The molecular weight excluding hydrogens is 378 g/mol. The predicted molar refractivity (Wildman–Crippen MR) is 115 cm³/mol. The molecule has 30 heavy (non-hydrogen) atoms. The molecule has 2 heterocycles. The van der Waals surface area contributed by atoms with Gasteiger partial charge in [-0.05, 0) is 44.0 Å². The van der Waals surface area contributed by atoms with Gasteiger partial charge in [-0.2, -0.15) is 5.10 Å². The van der Waals surface area contributed by atoms with E-state index in [1.54, 1.807) is 6.92 Å². The van der Waals surface area contributed by atoms with Gasteiger partial charge in [0, 0.05) is 20.1 Å². The minimum Gasteiger partial charge on any atom is -0.439 e. The van der Waals surface area contributed by atoms with Crippen LogP contribution in [-0.2, 0) is 16.1 Å². The number of hydrogen-bond donors (Lipinski definition) is 0. The van der Waals surface area contributed by atoms with Crippen molar-refractivity contribution >= 4 is 5.91 Å². The van der Waals surface area contributed by atoms with Gasteiger partial charge in [0.05, 0.1) is 29.6 Å². The van der Waals surface area contributed by atoms with E-state index in [1.807, 2.05) is 77.2 Å². The quantitative estimate of drug-likeness (QED) is 0.581. The zero-order valence-corrected chi connectivity index (χ0v) is 17.5. The van der Waals surface area contributed by atoms with E-state index in [-0.39, 0.29) is 12.0 Å². The minimum absolute atomic E-state index is 0.0167. The van der Waals surface area contributed by atoms with E-state index in [9.17, 15) is 4.79 Å². The van der Waals surface area contributed by atoms with Crippen LogP contribution in [0.1, 0.15) is 31.0 Å². The molecule has 6 nitrogen and oxygen atoms in total. The Morgan fingerprint density at radius 2 is 1.87 bits per heavy atom. The van der Waals surface area contributed by atoms with Crippen LogP contribution in [0, 0.1) is 6.92 Å². The highest BCUT2D eigenvalue weighted by molar-refractivity contribution is 5.73. The van der Waals surface area contributed by atoms with Crippen molar-refractivity contribution in [2.75, 3.05) is 13.2 Å². The van der Waals surface area contributed by atoms with E-state index in [1.165, 1.54) is 0 Å². The molecule has 3 aromatic rings. The fourth-order valence-electron chi connectivity index (χ4n) is 3.70. The smallest absolute Gasteiger partial charge is 0.227 e. The first-order valence-electron chi connectivity index (χ1n) is 10.4. The molecule has 1 aliphatic heterocycles. The molecule has 1 aliphatic rings. The predicted octanol–water partition coefficient (Wildman–Crippen LogP) is 4.50. The average Bonchev–Trinajstić information content (AvgIpc) is 3.38. The van der Waals surface area contributed by atoms with Crippen LogP contribution in [0.5, 0.6) is 11.6 Å². The molecule has 4 rings (SSSR count). The first-order valence-corrected chi connectivity index (χ1v) is 10.4. The van der Waals surface area contributed by atoms with E-state index >= 15 is 0 Å². The summed E-state index contributed by atoms with van der Waals surface area (Å²) in [7, 11) is 0. The molecule has 6 heteroatoms. The molecule has 1 fully saturated rings. The molecule has 1 saturated heterocycles. The van der Waals surface area contributed by atoms with E-state index in [0.29, 0.717) is 19.0 Å². The van der Waals surface area contributed by atoms with Gasteiger partial charge in [0.15, 0.2) is 0 Å². The third-order valence-electron chi connectivity index (χ3n) is 5.34. The summed E-state index contributed by atoms with van der Waals surface area (Å²) in [4.78, 5) is 14.2. The molecule has 0 saturated carbocycles. The fourth-order valence-corrected chi connectivity index (χ4v) is 3.70. The number of carbonyl (C=O) groups is 1. The van der Waals surface area contributed by atoms with E-state index in [4.69, 9.17) is 14.6 Å². The number of carbonyl (C=O) groups excluding carboxylic acids is 1. The standard InChI is InChI=1S/C24H27N3O3/c1-18-23(17-26(19(2)28)16-22-14-9-15-29-22)24(30-21-12-7-4-8-13-21)27(25-18)20-10-5-3-6-11-20/h3-8,10-13,22H,9,14-17H2,1-2H3. The van der Waals surface area contributed by atoms with Gasteiger partial charge in [-0.3, -0.25) is 4.79 Å². The molecule has 1 aromatic heterocycles. The summed E-state index contributed by atoms with van der Waals surface area (Å²) in [5.74, 6) is 1.37. The van der Waals surface area contributed by atoms with Crippen LogP contribution in [-0.4, -0.2) is 39.8 Å². The minimum atomic E-state index is 0.0167. The summed E-state index contributed by atoms with van der Waals surface area (Å²) in [5.41, 5.74) is 2.64. The fraction of sp³-hybridized carbons (Fsp3) is 0.333. The lowest BCUT2D eigenvalue weighted by atomic mass is 10.2. The van der Waals surface area contributed by atoms with Crippen LogP contribution < -0.4 is 4.74 Å². The number of aryl methyl sites for hydroxylation is 1. The maximum Gasteiger partial charge on any atom is 0.227 e. The second kappa shape index (κ2) is 9.13. The second-order valence-corrected chi connectivity index (χ2v) is 7.57. The summed E-state index contributed by atoms with van der Waals surface area (Å²) in [6, 6.07) is 19.5. The van der Waals surface area contributed by atoms with Gasteiger partial charge >= 0.3 is 0 Å². The summed E-state index contributed by atoms with van der Waals surface area (Å²) < 4.78 is 13.9. The van der Waals surface area contributed by atoms with Crippen LogP contribution in [0.4, 0.5) is 0 Å². The van der Waals surface area contributed by atoms with Gasteiger partial charge in [-0.15, -0.1) is 0 Å². The SMILES string of the molecule is CC(=O)N(Cc1c(C)nn(-c2ccccc2)c1Oc1ccccc1)CC1CCCO1. The molecular formula is C24H27N3O3. The van der Waals surface area contributed by atoms with Crippen molar-refractivity contribution < 1.29 is 14.3 Å². The highest BCUT2D eigenvalue weighted by Crippen LogP contribution is 2.32. The molecule has 156 valence electrons.